The lowest BCUT2D eigenvalue weighted by molar-refractivity contribution is -0.137. The smallest absolute Gasteiger partial charge is 0.317 e. The van der Waals surface area contributed by atoms with Crippen molar-refractivity contribution in [1.82, 2.24) is 9.55 Å². The lowest BCUT2D eigenvalue weighted by Crippen LogP contribution is -2.30. The number of carboxylic acids is 1. The van der Waals surface area contributed by atoms with E-state index in [1.807, 2.05) is 51.1 Å². The number of anilines is 1. The van der Waals surface area contributed by atoms with Gasteiger partial charge in [-0.2, -0.15) is 0 Å². The number of carbonyl (C=O) groups is 2. The molecule has 0 unspecified atom stereocenters. The number of rotatable bonds is 9. The fourth-order valence-electron chi connectivity index (χ4n) is 3.33. The molecule has 2 N–H and O–H groups in total. The molecule has 0 bridgehead atoms. The van der Waals surface area contributed by atoms with Crippen molar-refractivity contribution < 1.29 is 14.7 Å². The lowest BCUT2D eigenvalue weighted by Gasteiger charge is -2.16. The summed E-state index contributed by atoms with van der Waals surface area (Å²) < 4.78 is 1.38. The molecule has 0 saturated heterocycles. The molecule has 1 amide bonds. The number of nitrogens with zero attached hydrogens (tertiary/aromatic N) is 2. The van der Waals surface area contributed by atoms with E-state index in [2.05, 4.69) is 10.3 Å². The predicted molar refractivity (Wildman–Crippen MR) is 131 cm³/mol. The molecule has 0 aliphatic rings. The quantitative estimate of drug-likeness (QED) is 0.457. The molecule has 1 atom stereocenters. The summed E-state index contributed by atoms with van der Waals surface area (Å²) in [5, 5.41) is 11.6. The normalized spacial score (nSPS) is 11.9. The van der Waals surface area contributed by atoms with Gasteiger partial charge < -0.3 is 10.4 Å². The molecular weight excluding hydrogens is 438 g/mol. The minimum atomic E-state index is -0.851. The van der Waals surface area contributed by atoms with Gasteiger partial charge in [0.15, 0.2) is 0 Å². The van der Waals surface area contributed by atoms with Gasteiger partial charge in [-0.15, -0.1) is 11.8 Å². The summed E-state index contributed by atoms with van der Waals surface area (Å²) in [4.78, 5) is 42.1. The number of carboxylic acid groups (broad SMARTS) is 1. The first-order valence-electron chi connectivity index (χ1n) is 10.7. The average molecular weight is 466 g/mol. The number of nitrogens with one attached hydrogen (secondary N) is 1. The second-order valence-electron chi connectivity index (χ2n) is 7.89. The van der Waals surface area contributed by atoms with E-state index in [9.17, 15) is 19.5 Å². The summed E-state index contributed by atoms with van der Waals surface area (Å²) in [6, 6.07) is 17.9. The Hall–Kier alpha value is -3.39. The Morgan fingerprint density at radius 1 is 1.09 bits per heavy atom. The Kier molecular flexibility index (Phi) is 8.06. The summed E-state index contributed by atoms with van der Waals surface area (Å²) >= 11 is 1.28. The zero-order valence-corrected chi connectivity index (χ0v) is 19.6. The molecular formula is C25H27N3O4S. The molecule has 3 aromatic rings. The molecule has 3 rings (SSSR count). The SMILES string of the molecule is CCc1nc(-c2ccccc2)cc(=O)n1CC(=O)Nc1ccc(S[C@H](C(=O)O)C(C)C)cc1. The zero-order chi connectivity index (χ0) is 24.0. The molecule has 0 spiro atoms. The van der Waals surface area contributed by atoms with Gasteiger partial charge >= 0.3 is 5.97 Å². The number of aromatic nitrogens is 2. The second-order valence-corrected chi connectivity index (χ2v) is 9.11. The standard InChI is InChI=1S/C25H27N3O4S/c1-4-21-27-20(17-8-6-5-7-9-17)14-23(30)28(21)15-22(29)26-18-10-12-19(13-11-18)33-24(16(2)3)25(31)32/h5-14,16,24H,4,15H2,1-3H3,(H,26,29)(H,31,32)/t24-/m0/s1. The Bertz CT molecular complexity index is 1170. The maximum atomic E-state index is 12.7. The molecule has 0 radical (unpaired) electrons. The third kappa shape index (κ3) is 6.32. The van der Waals surface area contributed by atoms with Crippen LogP contribution >= 0.6 is 11.8 Å². The molecule has 172 valence electrons. The van der Waals surface area contributed by atoms with Crippen molar-refractivity contribution >= 4 is 29.3 Å². The number of aryl methyl sites for hydroxylation is 1. The molecule has 0 fully saturated rings. The topological polar surface area (TPSA) is 101 Å². The zero-order valence-electron chi connectivity index (χ0n) is 18.8. The Morgan fingerprint density at radius 2 is 1.76 bits per heavy atom. The summed E-state index contributed by atoms with van der Waals surface area (Å²) in [5.41, 5.74) is 1.72. The highest BCUT2D eigenvalue weighted by atomic mass is 32.2. The van der Waals surface area contributed by atoms with Crippen molar-refractivity contribution in [3.8, 4) is 11.3 Å². The van der Waals surface area contributed by atoms with Crippen molar-refractivity contribution in [2.75, 3.05) is 5.32 Å². The monoisotopic (exact) mass is 465 g/mol. The van der Waals surface area contributed by atoms with Crippen LogP contribution in [0.4, 0.5) is 5.69 Å². The van der Waals surface area contributed by atoms with Gasteiger partial charge in [0.1, 0.15) is 17.6 Å². The maximum absolute atomic E-state index is 12.7. The van der Waals surface area contributed by atoms with Gasteiger partial charge in [-0.05, 0) is 30.2 Å². The molecule has 1 aromatic heterocycles. The van der Waals surface area contributed by atoms with Gasteiger partial charge in [-0.3, -0.25) is 19.0 Å². The Balaban J connectivity index is 1.70. The first kappa shape index (κ1) is 24.3. The van der Waals surface area contributed by atoms with Crippen LogP contribution in [0.25, 0.3) is 11.3 Å². The average Bonchev–Trinajstić information content (AvgIpc) is 2.79. The molecule has 8 heteroatoms. The first-order chi connectivity index (χ1) is 15.8. The van der Waals surface area contributed by atoms with Crippen LogP contribution in [0.1, 0.15) is 26.6 Å². The van der Waals surface area contributed by atoms with Crippen LogP contribution in [0.3, 0.4) is 0 Å². The van der Waals surface area contributed by atoms with Gasteiger partial charge in [0.25, 0.3) is 5.56 Å². The van der Waals surface area contributed by atoms with Crippen LogP contribution in [-0.2, 0) is 22.6 Å². The minimum Gasteiger partial charge on any atom is -0.480 e. The molecule has 33 heavy (non-hydrogen) atoms. The van der Waals surface area contributed by atoms with Crippen LogP contribution < -0.4 is 10.9 Å². The molecule has 1 heterocycles. The van der Waals surface area contributed by atoms with Crippen molar-refractivity contribution in [2.45, 2.75) is 43.9 Å². The third-order valence-electron chi connectivity index (χ3n) is 5.02. The van der Waals surface area contributed by atoms with E-state index in [0.717, 1.165) is 10.5 Å². The van der Waals surface area contributed by atoms with E-state index in [0.29, 0.717) is 23.6 Å². The molecule has 7 nitrogen and oxygen atoms in total. The number of carbonyl (C=O) groups excluding carboxylic acids is 1. The van der Waals surface area contributed by atoms with E-state index in [1.54, 1.807) is 24.3 Å². The molecule has 0 aliphatic carbocycles. The number of benzene rings is 2. The van der Waals surface area contributed by atoms with Crippen molar-refractivity contribution in [3.05, 3.63) is 76.8 Å². The molecule has 2 aromatic carbocycles. The highest BCUT2D eigenvalue weighted by Gasteiger charge is 2.22. The summed E-state index contributed by atoms with van der Waals surface area (Å²) in [6.07, 6.45) is 0.510. The Morgan fingerprint density at radius 3 is 2.33 bits per heavy atom. The Labute approximate surface area is 196 Å². The largest absolute Gasteiger partial charge is 0.480 e. The van der Waals surface area contributed by atoms with Crippen LogP contribution in [0.15, 0.2) is 70.4 Å². The minimum absolute atomic E-state index is 0.0140. The number of aliphatic carboxylic acids is 1. The van der Waals surface area contributed by atoms with Crippen LogP contribution in [-0.4, -0.2) is 31.8 Å². The summed E-state index contributed by atoms with van der Waals surface area (Å²) in [6.45, 7) is 5.49. The number of amides is 1. The highest BCUT2D eigenvalue weighted by Crippen LogP contribution is 2.29. The fraction of sp³-hybridized carbons (Fsp3) is 0.280. The van der Waals surface area contributed by atoms with Gasteiger partial charge in [-0.25, -0.2) is 4.98 Å². The first-order valence-corrected chi connectivity index (χ1v) is 11.6. The van der Waals surface area contributed by atoms with Crippen LogP contribution in [0, 0.1) is 5.92 Å². The van der Waals surface area contributed by atoms with Crippen molar-refractivity contribution in [1.29, 1.82) is 0 Å². The van der Waals surface area contributed by atoms with Gasteiger partial charge in [0.2, 0.25) is 5.91 Å². The van der Waals surface area contributed by atoms with E-state index in [4.69, 9.17) is 0 Å². The van der Waals surface area contributed by atoms with Crippen LogP contribution in [0.2, 0.25) is 0 Å². The summed E-state index contributed by atoms with van der Waals surface area (Å²) in [7, 11) is 0. The van der Waals surface area contributed by atoms with Crippen molar-refractivity contribution in [3.63, 3.8) is 0 Å². The van der Waals surface area contributed by atoms with E-state index < -0.39 is 11.2 Å². The lowest BCUT2D eigenvalue weighted by atomic mass is 10.1. The predicted octanol–water partition coefficient (Wildman–Crippen LogP) is 4.31. The van der Waals surface area contributed by atoms with Gasteiger partial charge in [0, 0.05) is 28.6 Å². The van der Waals surface area contributed by atoms with Crippen molar-refractivity contribution in [2.24, 2.45) is 5.92 Å². The fourth-order valence-corrected chi connectivity index (χ4v) is 4.29. The van der Waals surface area contributed by atoms with E-state index in [1.165, 1.54) is 22.4 Å². The second kappa shape index (κ2) is 11.0. The molecule has 0 saturated carbocycles. The highest BCUT2D eigenvalue weighted by molar-refractivity contribution is 8.00. The van der Waals surface area contributed by atoms with E-state index in [-0.39, 0.29) is 23.9 Å². The maximum Gasteiger partial charge on any atom is 0.317 e. The summed E-state index contributed by atoms with van der Waals surface area (Å²) in [5.74, 6) is -0.667. The van der Waals surface area contributed by atoms with Gasteiger partial charge in [-0.1, -0.05) is 51.1 Å². The van der Waals surface area contributed by atoms with E-state index >= 15 is 0 Å². The third-order valence-corrected chi connectivity index (χ3v) is 6.57. The number of thioether (sulfide) groups is 1. The van der Waals surface area contributed by atoms with Gasteiger partial charge in [0.05, 0.1) is 5.69 Å². The number of hydrogen-bond acceptors (Lipinski definition) is 5. The number of hydrogen-bond donors (Lipinski definition) is 2. The molecule has 0 aliphatic heterocycles. The van der Waals surface area contributed by atoms with Crippen LogP contribution in [0.5, 0.6) is 0 Å².